The van der Waals surface area contributed by atoms with Crippen molar-refractivity contribution in [1.29, 1.82) is 0 Å². The maximum atomic E-state index is 13.1. The minimum Gasteiger partial charge on any atom is -0.366 e. The van der Waals surface area contributed by atoms with Crippen LogP contribution >= 0.6 is 11.6 Å². The number of rotatable bonds is 0. The summed E-state index contributed by atoms with van der Waals surface area (Å²) in [6.45, 7) is 6.83. The molecule has 1 saturated heterocycles. The van der Waals surface area contributed by atoms with Gasteiger partial charge in [0.1, 0.15) is 5.69 Å². The van der Waals surface area contributed by atoms with Gasteiger partial charge in [0, 0.05) is 51.4 Å². The highest BCUT2D eigenvalue weighted by molar-refractivity contribution is 6.36. The van der Waals surface area contributed by atoms with Crippen LogP contribution in [0.25, 0.3) is 10.9 Å². The first-order valence-electron chi connectivity index (χ1n) is 8.67. The van der Waals surface area contributed by atoms with E-state index in [1.807, 2.05) is 20.2 Å². The standard InChI is InChI=1S/C18H24ClN5O/c1-10-7-24-12(8-21(10)3)9-22(4)17-16(24)13-6-20-11(2)14(19)15(13)23(5)18(17)25/h6,10,12H,7-9H2,1-5H3. The average molecular weight is 362 g/mol. The maximum Gasteiger partial charge on any atom is 0.276 e. The second kappa shape index (κ2) is 5.61. The van der Waals surface area contributed by atoms with Gasteiger partial charge in [-0.25, -0.2) is 0 Å². The third kappa shape index (κ3) is 2.27. The van der Waals surface area contributed by atoms with Crippen molar-refractivity contribution in [3.63, 3.8) is 0 Å². The highest BCUT2D eigenvalue weighted by atomic mass is 35.5. The molecule has 4 rings (SSSR count). The van der Waals surface area contributed by atoms with Gasteiger partial charge in [0.05, 0.1) is 28.0 Å². The molecule has 2 unspecified atom stereocenters. The third-order valence-electron chi connectivity index (χ3n) is 5.80. The van der Waals surface area contributed by atoms with Crippen molar-refractivity contribution < 1.29 is 0 Å². The predicted octanol–water partition coefficient (Wildman–Crippen LogP) is 1.85. The normalized spacial score (nSPS) is 23.8. The Kier molecular flexibility index (Phi) is 3.74. The number of pyridine rings is 2. The molecule has 134 valence electrons. The van der Waals surface area contributed by atoms with Gasteiger partial charge in [-0.1, -0.05) is 11.6 Å². The summed E-state index contributed by atoms with van der Waals surface area (Å²) in [6.07, 6.45) is 1.87. The fourth-order valence-corrected chi connectivity index (χ4v) is 4.49. The second-order valence-corrected chi connectivity index (χ2v) is 7.83. The van der Waals surface area contributed by atoms with Gasteiger partial charge in [-0.3, -0.25) is 14.7 Å². The molecule has 2 atom stereocenters. The van der Waals surface area contributed by atoms with Gasteiger partial charge in [0.2, 0.25) is 0 Å². The van der Waals surface area contributed by atoms with Crippen LogP contribution in [0.15, 0.2) is 11.0 Å². The zero-order valence-electron chi connectivity index (χ0n) is 15.4. The molecule has 0 aliphatic carbocycles. The smallest absolute Gasteiger partial charge is 0.276 e. The summed E-state index contributed by atoms with van der Waals surface area (Å²) in [5, 5.41) is 1.52. The number of hydrogen-bond acceptors (Lipinski definition) is 5. The zero-order chi connectivity index (χ0) is 18.0. The Morgan fingerprint density at radius 2 is 1.88 bits per heavy atom. The fourth-order valence-electron chi connectivity index (χ4n) is 4.22. The van der Waals surface area contributed by atoms with Gasteiger partial charge in [-0.15, -0.1) is 0 Å². The number of piperazine rings is 1. The minimum absolute atomic E-state index is 0.00234. The molecule has 0 radical (unpaired) electrons. The Balaban J connectivity index is 2.07. The molecular weight excluding hydrogens is 338 g/mol. The van der Waals surface area contributed by atoms with Crippen molar-refractivity contribution in [2.24, 2.45) is 7.05 Å². The van der Waals surface area contributed by atoms with E-state index in [1.165, 1.54) is 0 Å². The predicted molar refractivity (Wildman–Crippen MR) is 103 cm³/mol. The lowest BCUT2D eigenvalue weighted by atomic mass is 10.00. The molecule has 4 heterocycles. The Labute approximate surface area is 152 Å². The summed E-state index contributed by atoms with van der Waals surface area (Å²) in [5.41, 5.74) is 3.27. The minimum atomic E-state index is 0.00234. The van der Waals surface area contributed by atoms with Crippen LogP contribution in [0.4, 0.5) is 11.4 Å². The summed E-state index contributed by atoms with van der Waals surface area (Å²) in [7, 11) is 5.97. The number of aryl methyl sites for hydroxylation is 2. The first-order chi connectivity index (χ1) is 11.8. The Morgan fingerprint density at radius 1 is 1.16 bits per heavy atom. The van der Waals surface area contributed by atoms with Crippen molar-refractivity contribution in [2.75, 3.05) is 43.5 Å². The largest absolute Gasteiger partial charge is 0.366 e. The van der Waals surface area contributed by atoms with Crippen LogP contribution in [0.5, 0.6) is 0 Å². The lowest BCUT2D eigenvalue weighted by Crippen LogP contribution is -2.62. The van der Waals surface area contributed by atoms with E-state index in [0.717, 1.165) is 47.6 Å². The molecule has 1 fully saturated rings. The Hall–Kier alpha value is -1.79. The number of aromatic nitrogens is 2. The average Bonchev–Trinajstić information content (AvgIpc) is 2.56. The SMILES string of the molecule is Cc1ncc2c3c(c(=O)n(C)c2c1Cl)N(C)CC1CN(C)C(C)CN31. The van der Waals surface area contributed by atoms with Gasteiger partial charge < -0.3 is 14.4 Å². The Morgan fingerprint density at radius 3 is 2.60 bits per heavy atom. The molecule has 2 aromatic rings. The topological polar surface area (TPSA) is 44.6 Å². The molecule has 0 amide bonds. The van der Waals surface area contributed by atoms with Gasteiger partial charge in [0.25, 0.3) is 5.56 Å². The van der Waals surface area contributed by atoms with E-state index in [1.54, 1.807) is 11.6 Å². The number of halogens is 1. The quantitative estimate of drug-likeness (QED) is 0.716. The van der Waals surface area contributed by atoms with Crippen LogP contribution in [0.2, 0.25) is 5.02 Å². The first-order valence-corrected chi connectivity index (χ1v) is 9.04. The molecule has 0 N–H and O–H groups in total. The molecule has 2 aliphatic heterocycles. The molecule has 0 spiro atoms. The van der Waals surface area contributed by atoms with E-state index in [4.69, 9.17) is 11.6 Å². The summed E-state index contributed by atoms with van der Waals surface area (Å²) >= 11 is 6.55. The van der Waals surface area contributed by atoms with E-state index in [9.17, 15) is 4.79 Å². The van der Waals surface area contributed by atoms with Gasteiger partial charge in [-0.2, -0.15) is 0 Å². The van der Waals surface area contributed by atoms with Crippen LogP contribution in [-0.4, -0.2) is 60.3 Å². The number of anilines is 2. The number of nitrogens with zero attached hydrogens (tertiary/aromatic N) is 5. The van der Waals surface area contributed by atoms with E-state index in [-0.39, 0.29) is 5.56 Å². The van der Waals surface area contributed by atoms with E-state index < -0.39 is 0 Å². The monoisotopic (exact) mass is 361 g/mol. The second-order valence-electron chi connectivity index (χ2n) is 7.46. The zero-order valence-corrected chi connectivity index (χ0v) is 16.1. The van der Waals surface area contributed by atoms with Crippen molar-refractivity contribution in [3.05, 3.63) is 27.3 Å². The van der Waals surface area contributed by atoms with Crippen LogP contribution < -0.4 is 15.4 Å². The fraction of sp³-hybridized carbons (Fsp3) is 0.556. The molecular formula is C18H24ClN5O. The summed E-state index contributed by atoms with van der Waals surface area (Å²) < 4.78 is 1.67. The Bertz CT molecular complexity index is 924. The van der Waals surface area contributed by atoms with E-state index >= 15 is 0 Å². The van der Waals surface area contributed by atoms with E-state index in [0.29, 0.717) is 17.1 Å². The van der Waals surface area contributed by atoms with Gasteiger partial charge in [0.15, 0.2) is 0 Å². The molecule has 6 nitrogen and oxygen atoms in total. The lowest BCUT2D eigenvalue weighted by molar-refractivity contribution is 0.199. The molecule has 0 bridgehead atoms. The molecule has 0 aromatic carbocycles. The van der Waals surface area contributed by atoms with E-state index in [2.05, 4.69) is 33.7 Å². The highest BCUT2D eigenvalue weighted by Gasteiger charge is 2.38. The lowest BCUT2D eigenvalue weighted by Gasteiger charge is -2.50. The van der Waals surface area contributed by atoms with Crippen LogP contribution in [0.1, 0.15) is 12.6 Å². The third-order valence-corrected chi connectivity index (χ3v) is 6.25. The number of fused-ring (bicyclic) bond motifs is 5. The van der Waals surface area contributed by atoms with Crippen molar-refractivity contribution in [3.8, 4) is 0 Å². The highest BCUT2D eigenvalue weighted by Crippen LogP contribution is 2.41. The molecule has 2 aromatic heterocycles. The van der Waals surface area contributed by atoms with Crippen molar-refractivity contribution in [1.82, 2.24) is 14.5 Å². The summed E-state index contributed by atoms with van der Waals surface area (Å²) in [5.74, 6) is 0. The van der Waals surface area contributed by atoms with Crippen LogP contribution in [0, 0.1) is 6.92 Å². The first kappa shape index (κ1) is 16.7. The van der Waals surface area contributed by atoms with Crippen molar-refractivity contribution in [2.45, 2.75) is 25.9 Å². The van der Waals surface area contributed by atoms with Crippen LogP contribution in [0.3, 0.4) is 0 Å². The molecule has 2 aliphatic rings. The van der Waals surface area contributed by atoms with Gasteiger partial charge in [-0.05, 0) is 20.9 Å². The molecule has 0 saturated carbocycles. The summed E-state index contributed by atoms with van der Waals surface area (Å²) in [6, 6.07) is 0.787. The van der Waals surface area contributed by atoms with Gasteiger partial charge >= 0.3 is 0 Å². The van der Waals surface area contributed by atoms with Crippen molar-refractivity contribution >= 4 is 33.9 Å². The number of likely N-dealkylation sites (N-methyl/N-ethyl adjacent to an activating group) is 2. The molecule has 7 heteroatoms. The number of hydrogen-bond donors (Lipinski definition) is 0. The van der Waals surface area contributed by atoms with Crippen LogP contribution in [-0.2, 0) is 7.05 Å². The summed E-state index contributed by atoms with van der Waals surface area (Å²) in [4.78, 5) is 24.5. The molecule has 25 heavy (non-hydrogen) atoms. The maximum absolute atomic E-state index is 13.1.